The van der Waals surface area contributed by atoms with Gasteiger partial charge in [-0.15, -0.1) is 0 Å². The Morgan fingerprint density at radius 3 is 2.79 bits per heavy atom. The molecule has 6 heteroatoms. The van der Waals surface area contributed by atoms with Crippen molar-refractivity contribution in [2.24, 2.45) is 11.7 Å². The van der Waals surface area contributed by atoms with Crippen LogP contribution in [0.25, 0.3) is 0 Å². The van der Waals surface area contributed by atoms with Crippen LogP contribution in [-0.2, 0) is 4.79 Å². The Kier molecular flexibility index (Phi) is 6.46. The fourth-order valence-corrected chi connectivity index (χ4v) is 3.14. The molecule has 2 amide bonds. The van der Waals surface area contributed by atoms with Crippen molar-refractivity contribution in [2.75, 3.05) is 26.8 Å². The lowest BCUT2D eigenvalue weighted by molar-refractivity contribution is -0.119. The number of methoxy groups -OCH3 is 1. The Bertz CT molecular complexity index is 586. The van der Waals surface area contributed by atoms with E-state index in [-0.39, 0.29) is 12.5 Å². The van der Waals surface area contributed by atoms with Gasteiger partial charge >= 0.3 is 0 Å². The van der Waals surface area contributed by atoms with Crippen LogP contribution < -0.4 is 15.2 Å². The highest BCUT2D eigenvalue weighted by Gasteiger charge is 2.24. The number of likely N-dealkylation sites (tertiary alicyclic amines) is 1. The fourth-order valence-electron chi connectivity index (χ4n) is 3.14. The smallest absolute Gasteiger partial charge is 0.255 e. The van der Waals surface area contributed by atoms with Crippen molar-refractivity contribution in [1.82, 2.24) is 4.90 Å². The van der Waals surface area contributed by atoms with Crippen molar-refractivity contribution in [1.29, 1.82) is 0 Å². The summed E-state index contributed by atoms with van der Waals surface area (Å²) in [5.74, 6) is 0.857. The van der Waals surface area contributed by atoms with Gasteiger partial charge in [0.05, 0.1) is 7.11 Å². The maximum atomic E-state index is 12.8. The number of carbonyl (C=O) groups is 2. The SMILES string of the molecule is CCCC1CCCN(C(=O)c2ccc(OCC(N)=O)c(OC)c2)C1. The molecule has 1 atom stereocenters. The molecule has 2 N–H and O–H groups in total. The van der Waals surface area contributed by atoms with Crippen LogP contribution in [0.3, 0.4) is 0 Å². The van der Waals surface area contributed by atoms with Crippen molar-refractivity contribution >= 4 is 11.8 Å². The summed E-state index contributed by atoms with van der Waals surface area (Å²) in [5, 5.41) is 0. The molecule has 1 heterocycles. The molecule has 24 heavy (non-hydrogen) atoms. The monoisotopic (exact) mass is 334 g/mol. The minimum atomic E-state index is -0.563. The average molecular weight is 334 g/mol. The van der Waals surface area contributed by atoms with Gasteiger partial charge in [-0.1, -0.05) is 13.3 Å². The Morgan fingerprint density at radius 2 is 2.12 bits per heavy atom. The molecule has 6 nitrogen and oxygen atoms in total. The quantitative estimate of drug-likeness (QED) is 0.829. The van der Waals surface area contributed by atoms with E-state index in [1.54, 1.807) is 18.2 Å². The zero-order chi connectivity index (χ0) is 17.5. The van der Waals surface area contributed by atoms with Gasteiger partial charge < -0.3 is 20.1 Å². The summed E-state index contributed by atoms with van der Waals surface area (Å²) in [6.07, 6.45) is 4.55. The van der Waals surface area contributed by atoms with Gasteiger partial charge in [-0.2, -0.15) is 0 Å². The van der Waals surface area contributed by atoms with Gasteiger partial charge in [0.25, 0.3) is 11.8 Å². The standard InChI is InChI=1S/C18H26N2O4/c1-3-5-13-6-4-9-20(11-13)18(22)14-7-8-15(16(10-14)23-2)24-12-17(19)21/h7-8,10,13H,3-6,9,11-12H2,1-2H3,(H2,19,21). The molecule has 1 aromatic rings. The number of piperidine rings is 1. The Hall–Kier alpha value is -2.24. The molecule has 0 aromatic heterocycles. The first-order valence-corrected chi connectivity index (χ1v) is 8.43. The summed E-state index contributed by atoms with van der Waals surface area (Å²) < 4.78 is 10.6. The van der Waals surface area contributed by atoms with Gasteiger partial charge in [0.15, 0.2) is 18.1 Å². The number of hydrogen-bond acceptors (Lipinski definition) is 4. The van der Waals surface area contributed by atoms with Crippen LogP contribution in [0.15, 0.2) is 18.2 Å². The topological polar surface area (TPSA) is 81.9 Å². The molecule has 1 fully saturated rings. The molecule has 0 saturated carbocycles. The van der Waals surface area contributed by atoms with Crippen LogP contribution in [0.4, 0.5) is 0 Å². The van der Waals surface area contributed by atoms with Gasteiger partial charge in [0, 0.05) is 18.7 Å². The normalized spacial score (nSPS) is 17.4. The molecule has 1 saturated heterocycles. The lowest BCUT2D eigenvalue weighted by Gasteiger charge is -2.33. The van der Waals surface area contributed by atoms with Crippen molar-refractivity contribution in [2.45, 2.75) is 32.6 Å². The summed E-state index contributed by atoms with van der Waals surface area (Å²) >= 11 is 0. The maximum Gasteiger partial charge on any atom is 0.255 e. The predicted molar refractivity (Wildman–Crippen MR) is 91.2 cm³/mol. The molecule has 2 rings (SSSR count). The van der Waals surface area contributed by atoms with E-state index in [1.165, 1.54) is 13.5 Å². The largest absolute Gasteiger partial charge is 0.493 e. The number of rotatable bonds is 7. The van der Waals surface area contributed by atoms with Gasteiger partial charge in [-0.3, -0.25) is 9.59 Å². The Balaban J connectivity index is 2.10. The summed E-state index contributed by atoms with van der Waals surface area (Å²) in [6.45, 7) is 3.56. The first kappa shape index (κ1) is 18.1. The number of benzene rings is 1. The molecule has 0 spiro atoms. The zero-order valence-electron chi connectivity index (χ0n) is 14.4. The van der Waals surface area contributed by atoms with Gasteiger partial charge in [0.2, 0.25) is 0 Å². The third-order valence-corrected chi connectivity index (χ3v) is 4.28. The van der Waals surface area contributed by atoms with Gasteiger partial charge in [-0.05, 0) is 43.4 Å². The first-order valence-electron chi connectivity index (χ1n) is 8.43. The molecule has 132 valence electrons. The van der Waals surface area contributed by atoms with Crippen LogP contribution in [0.1, 0.15) is 43.0 Å². The third kappa shape index (κ3) is 4.63. The number of nitrogens with two attached hydrogens (primary N) is 1. The molecule has 1 aliphatic rings. The second-order valence-electron chi connectivity index (χ2n) is 6.17. The number of hydrogen-bond donors (Lipinski definition) is 1. The van der Waals surface area contributed by atoms with Crippen LogP contribution in [0, 0.1) is 5.92 Å². The van der Waals surface area contributed by atoms with Crippen molar-refractivity contribution in [3.63, 3.8) is 0 Å². The van der Waals surface area contributed by atoms with E-state index < -0.39 is 5.91 Å². The van der Waals surface area contributed by atoms with Crippen LogP contribution in [0.5, 0.6) is 11.5 Å². The third-order valence-electron chi connectivity index (χ3n) is 4.28. The number of carbonyl (C=O) groups excluding carboxylic acids is 2. The van der Waals surface area contributed by atoms with Crippen LogP contribution in [-0.4, -0.2) is 43.5 Å². The zero-order valence-corrected chi connectivity index (χ0v) is 14.4. The minimum Gasteiger partial charge on any atom is -0.493 e. The second kappa shape index (κ2) is 8.57. The van der Waals surface area contributed by atoms with Crippen molar-refractivity contribution in [3.05, 3.63) is 23.8 Å². The molecule has 0 radical (unpaired) electrons. The highest BCUT2D eigenvalue weighted by atomic mass is 16.5. The van der Waals surface area contributed by atoms with E-state index in [2.05, 4.69) is 6.92 Å². The Morgan fingerprint density at radius 1 is 1.33 bits per heavy atom. The van der Waals surface area contributed by atoms with Crippen LogP contribution >= 0.6 is 0 Å². The average Bonchev–Trinajstić information content (AvgIpc) is 2.59. The summed E-state index contributed by atoms with van der Waals surface area (Å²) in [4.78, 5) is 25.5. The first-order chi connectivity index (χ1) is 11.5. The van der Waals surface area contributed by atoms with E-state index in [9.17, 15) is 9.59 Å². The highest BCUT2D eigenvalue weighted by molar-refractivity contribution is 5.95. The molecule has 0 aliphatic carbocycles. The number of primary amides is 1. The van der Waals surface area contributed by atoms with Crippen molar-refractivity contribution in [3.8, 4) is 11.5 Å². The van der Waals surface area contributed by atoms with E-state index in [1.807, 2.05) is 4.90 Å². The van der Waals surface area contributed by atoms with E-state index in [4.69, 9.17) is 15.2 Å². The predicted octanol–water partition coefficient (Wildman–Crippen LogP) is 2.21. The number of amides is 2. The molecule has 1 unspecified atom stereocenters. The fraction of sp³-hybridized carbons (Fsp3) is 0.556. The maximum absolute atomic E-state index is 12.8. The number of nitrogens with zero attached hydrogens (tertiary/aromatic N) is 1. The van der Waals surface area contributed by atoms with Gasteiger partial charge in [0.1, 0.15) is 0 Å². The number of ether oxygens (including phenoxy) is 2. The molecular weight excluding hydrogens is 308 g/mol. The summed E-state index contributed by atoms with van der Waals surface area (Å²) in [7, 11) is 1.50. The highest BCUT2D eigenvalue weighted by Crippen LogP contribution is 2.29. The van der Waals surface area contributed by atoms with E-state index >= 15 is 0 Å². The molecule has 1 aliphatic heterocycles. The second-order valence-corrected chi connectivity index (χ2v) is 6.17. The molecule has 1 aromatic carbocycles. The summed E-state index contributed by atoms with van der Waals surface area (Å²) in [5.41, 5.74) is 5.64. The molecule has 0 bridgehead atoms. The van der Waals surface area contributed by atoms with E-state index in [0.717, 1.165) is 32.4 Å². The van der Waals surface area contributed by atoms with Crippen LogP contribution in [0.2, 0.25) is 0 Å². The lowest BCUT2D eigenvalue weighted by Crippen LogP contribution is -2.39. The summed E-state index contributed by atoms with van der Waals surface area (Å²) in [6, 6.07) is 5.00. The Labute approximate surface area is 142 Å². The lowest BCUT2D eigenvalue weighted by atomic mass is 9.93. The van der Waals surface area contributed by atoms with Crippen molar-refractivity contribution < 1.29 is 19.1 Å². The molecular formula is C18H26N2O4. The minimum absolute atomic E-state index is 0.00977. The van der Waals surface area contributed by atoms with E-state index in [0.29, 0.717) is 23.0 Å². The van der Waals surface area contributed by atoms with Gasteiger partial charge in [-0.25, -0.2) is 0 Å².